The molecular weight excluding hydrogens is 144 g/mol. The van der Waals surface area contributed by atoms with Crippen LogP contribution in [0, 0.1) is 0 Å². The zero-order chi connectivity index (χ0) is 6.97. The average Bonchev–Trinajstić information content (AvgIpc) is 2.34. The first-order chi connectivity index (χ1) is 4.88. The predicted octanol–water partition coefficient (Wildman–Crippen LogP) is 1.29. The molecule has 10 heavy (non-hydrogen) atoms. The molecule has 0 N–H and O–H groups in total. The number of aromatic nitrogens is 1. The highest BCUT2D eigenvalue weighted by atomic mass is 32.1. The fourth-order valence-corrected chi connectivity index (χ4v) is 1.47. The van der Waals surface area contributed by atoms with Crippen molar-refractivity contribution in [3.8, 4) is 0 Å². The van der Waals surface area contributed by atoms with Crippen LogP contribution in [0.5, 0.6) is 0 Å². The van der Waals surface area contributed by atoms with Gasteiger partial charge in [-0.05, 0) is 18.1 Å². The van der Waals surface area contributed by atoms with E-state index in [4.69, 9.17) is 0 Å². The summed E-state index contributed by atoms with van der Waals surface area (Å²) in [6, 6.07) is 4.06. The number of nitrogens with zero attached hydrogens (tertiary/aromatic N) is 2. The fourth-order valence-electron chi connectivity index (χ4n) is 1.19. The van der Waals surface area contributed by atoms with E-state index < -0.39 is 0 Å². The monoisotopic (exact) mass is 152 g/mol. The van der Waals surface area contributed by atoms with Gasteiger partial charge in [-0.25, -0.2) is 4.98 Å². The highest BCUT2D eigenvalue weighted by Gasteiger charge is 2.15. The standard InChI is InChI=1S/C7H8N2S/c10-9-5-3-6-2-1-4-8-7(6)9/h1-2,4,10H,3,5H2. The number of thiol groups is 1. The lowest BCUT2D eigenvalue weighted by atomic mass is 10.2. The molecule has 2 nitrogen and oxygen atoms in total. The van der Waals surface area contributed by atoms with Crippen molar-refractivity contribution in [1.29, 1.82) is 0 Å². The van der Waals surface area contributed by atoms with Gasteiger partial charge in [-0.3, -0.25) is 0 Å². The lowest BCUT2D eigenvalue weighted by Crippen LogP contribution is -2.05. The normalized spacial score (nSPS) is 15.5. The summed E-state index contributed by atoms with van der Waals surface area (Å²) in [7, 11) is 0. The van der Waals surface area contributed by atoms with Crippen molar-refractivity contribution < 1.29 is 0 Å². The molecular formula is C7H8N2S. The summed E-state index contributed by atoms with van der Waals surface area (Å²) >= 11 is 4.24. The third-order valence-corrected chi connectivity index (χ3v) is 2.09. The Hall–Kier alpha value is -0.700. The molecule has 1 aromatic heterocycles. The van der Waals surface area contributed by atoms with Crippen LogP contribution >= 0.6 is 12.8 Å². The minimum absolute atomic E-state index is 0.982. The second-order valence-corrected chi connectivity index (χ2v) is 2.84. The van der Waals surface area contributed by atoms with Gasteiger partial charge in [0.15, 0.2) is 0 Å². The van der Waals surface area contributed by atoms with Crippen LogP contribution < -0.4 is 4.31 Å². The molecule has 1 aromatic rings. The maximum atomic E-state index is 4.24. The Kier molecular flexibility index (Phi) is 1.31. The van der Waals surface area contributed by atoms with Crippen LogP contribution in [0.15, 0.2) is 18.3 Å². The van der Waals surface area contributed by atoms with Crippen molar-refractivity contribution in [2.24, 2.45) is 0 Å². The molecule has 0 saturated carbocycles. The molecule has 1 aliphatic heterocycles. The van der Waals surface area contributed by atoms with Crippen molar-refractivity contribution in [3.63, 3.8) is 0 Å². The van der Waals surface area contributed by atoms with E-state index in [0.29, 0.717) is 0 Å². The van der Waals surface area contributed by atoms with Crippen molar-refractivity contribution >= 4 is 18.6 Å². The first-order valence-corrected chi connectivity index (χ1v) is 3.68. The van der Waals surface area contributed by atoms with E-state index in [-0.39, 0.29) is 0 Å². The number of rotatable bonds is 0. The van der Waals surface area contributed by atoms with E-state index in [0.717, 1.165) is 18.8 Å². The lowest BCUT2D eigenvalue weighted by molar-refractivity contribution is 1.06. The highest BCUT2D eigenvalue weighted by molar-refractivity contribution is 7.81. The van der Waals surface area contributed by atoms with E-state index in [2.05, 4.69) is 23.9 Å². The summed E-state index contributed by atoms with van der Waals surface area (Å²) in [4.78, 5) is 4.19. The van der Waals surface area contributed by atoms with Crippen LogP contribution in [-0.4, -0.2) is 11.5 Å². The van der Waals surface area contributed by atoms with Crippen LogP contribution in [0.4, 0.5) is 5.82 Å². The average molecular weight is 152 g/mol. The van der Waals surface area contributed by atoms with Gasteiger partial charge in [0.05, 0.1) is 0 Å². The van der Waals surface area contributed by atoms with Crippen LogP contribution in [0.1, 0.15) is 5.56 Å². The van der Waals surface area contributed by atoms with E-state index >= 15 is 0 Å². The van der Waals surface area contributed by atoms with Crippen LogP contribution in [0.2, 0.25) is 0 Å². The van der Waals surface area contributed by atoms with Gasteiger partial charge in [-0.15, -0.1) is 0 Å². The quantitative estimate of drug-likeness (QED) is 0.564. The van der Waals surface area contributed by atoms with Crippen LogP contribution in [0.3, 0.4) is 0 Å². The van der Waals surface area contributed by atoms with Gasteiger partial charge in [0.1, 0.15) is 5.82 Å². The summed E-state index contributed by atoms with van der Waals surface area (Å²) in [6.45, 7) is 0.982. The van der Waals surface area contributed by atoms with Gasteiger partial charge in [-0.1, -0.05) is 18.9 Å². The predicted molar refractivity (Wildman–Crippen MR) is 44.3 cm³/mol. The molecule has 0 unspecified atom stereocenters. The second kappa shape index (κ2) is 2.16. The molecule has 0 aliphatic carbocycles. The third kappa shape index (κ3) is 0.778. The van der Waals surface area contributed by atoms with E-state index in [1.165, 1.54) is 5.56 Å². The summed E-state index contributed by atoms with van der Waals surface area (Å²) in [5, 5.41) is 0. The molecule has 0 bridgehead atoms. The minimum Gasteiger partial charge on any atom is -0.303 e. The highest BCUT2D eigenvalue weighted by Crippen LogP contribution is 2.25. The van der Waals surface area contributed by atoms with E-state index in [9.17, 15) is 0 Å². The smallest absolute Gasteiger partial charge is 0.141 e. The molecule has 3 heteroatoms. The number of hydrogen-bond acceptors (Lipinski definition) is 3. The Morgan fingerprint density at radius 3 is 3.30 bits per heavy atom. The maximum absolute atomic E-state index is 4.24. The molecule has 0 amide bonds. The van der Waals surface area contributed by atoms with Crippen molar-refractivity contribution in [2.75, 3.05) is 10.8 Å². The molecule has 0 aromatic carbocycles. The molecule has 2 heterocycles. The van der Waals surface area contributed by atoms with Crippen molar-refractivity contribution in [3.05, 3.63) is 23.9 Å². The Labute approximate surface area is 65.4 Å². The minimum atomic E-state index is 0.982. The molecule has 0 spiro atoms. The zero-order valence-corrected chi connectivity index (χ0v) is 6.38. The molecule has 0 radical (unpaired) electrons. The zero-order valence-electron chi connectivity index (χ0n) is 5.49. The number of fused-ring (bicyclic) bond motifs is 1. The Morgan fingerprint density at radius 1 is 1.60 bits per heavy atom. The summed E-state index contributed by atoms with van der Waals surface area (Å²) in [5.74, 6) is 1.02. The molecule has 52 valence electrons. The Balaban J connectivity index is 2.51. The van der Waals surface area contributed by atoms with Crippen LogP contribution in [0.25, 0.3) is 0 Å². The van der Waals surface area contributed by atoms with E-state index in [1.807, 2.05) is 10.4 Å². The fraction of sp³-hybridized carbons (Fsp3) is 0.286. The largest absolute Gasteiger partial charge is 0.303 e. The summed E-state index contributed by atoms with van der Waals surface area (Å²) < 4.78 is 1.88. The molecule has 0 atom stereocenters. The van der Waals surface area contributed by atoms with Gasteiger partial charge in [-0.2, -0.15) is 0 Å². The van der Waals surface area contributed by atoms with E-state index in [1.54, 1.807) is 6.20 Å². The molecule has 1 aliphatic rings. The van der Waals surface area contributed by atoms with Gasteiger partial charge in [0.25, 0.3) is 0 Å². The SMILES string of the molecule is SN1CCc2cccnc21. The lowest BCUT2D eigenvalue weighted by Gasteiger charge is -2.06. The van der Waals surface area contributed by atoms with Gasteiger partial charge in [0, 0.05) is 12.7 Å². The topological polar surface area (TPSA) is 16.1 Å². The number of hydrogen-bond donors (Lipinski definition) is 1. The third-order valence-electron chi connectivity index (χ3n) is 1.70. The molecule has 2 rings (SSSR count). The first-order valence-electron chi connectivity index (χ1n) is 3.28. The summed E-state index contributed by atoms with van der Waals surface area (Å²) in [6.07, 6.45) is 2.88. The number of anilines is 1. The second-order valence-electron chi connectivity index (χ2n) is 2.36. The molecule has 0 fully saturated rings. The Bertz CT molecular complexity index is 249. The maximum Gasteiger partial charge on any atom is 0.141 e. The number of pyridine rings is 1. The van der Waals surface area contributed by atoms with Gasteiger partial charge >= 0.3 is 0 Å². The summed E-state index contributed by atoms with van der Waals surface area (Å²) in [5.41, 5.74) is 1.30. The first kappa shape index (κ1) is 6.04. The van der Waals surface area contributed by atoms with Gasteiger partial charge in [0.2, 0.25) is 0 Å². The van der Waals surface area contributed by atoms with Gasteiger partial charge < -0.3 is 4.31 Å². The Morgan fingerprint density at radius 2 is 2.50 bits per heavy atom. The van der Waals surface area contributed by atoms with Crippen molar-refractivity contribution in [1.82, 2.24) is 4.98 Å². The van der Waals surface area contributed by atoms with Crippen molar-refractivity contribution in [2.45, 2.75) is 6.42 Å². The van der Waals surface area contributed by atoms with Crippen LogP contribution in [-0.2, 0) is 6.42 Å². The molecule has 0 saturated heterocycles.